The van der Waals surface area contributed by atoms with Crippen LogP contribution in [0.4, 0.5) is 37.7 Å². The SMILES string of the molecule is FC(F)(F)c1cc(NC(=S)Nc2ccccc2-[c-]2ccc(CP(c3ccccc3)c3ccccc3)c2)cc(C(F)(F)F)c1.[Fe+2].c1cc[cH-]c1. The molecule has 0 spiro atoms. The molecular formula is C38H29F6FeN2PS. The van der Waals surface area contributed by atoms with Gasteiger partial charge in [-0.3, -0.25) is 0 Å². The molecule has 0 bridgehead atoms. The summed E-state index contributed by atoms with van der Waals surface area (Å²) < 4.78 is 79.8. The van der Waals surface area contributed by atoms with Crippen LogP contribution >= 0.6 is 20.1 Å². The van der Waals surface area contributed by atoms with Crippen molar-refractivity contribution in [1.29, 1.82) is 0 Å². The fraction of sp³-hybridized carbons (Fsp3) is 0.0789. The van der Waals surface area contributed by atoms with Crippen LogP contribution in [0.15, 0.2) is 152 Å². The second-order valence-corrected chi connectivity index (χ2v) is 13.3. The average molecular weight is 747 g/mol. The molecule has 0 fully saturated rings. The molecule has 2 nitrogen and oxygen atoms in total. The van der Waals surface area contributed by atoms with E-state index in [0.717, 1.165) is 22.9 Å². The van der Waals surface area contributed by atoms with Crippen molar-refractivity contribution < 1.29 is 43.4 Å². The van der Waals surface area contributed by atoms with E-state index in [1.54, 1.807) is 12.1 Å². The molecule has 252 valence electrons. The summed E-state index contributed by atoms with van der Waals surface area (Å²) in [5.41, 5.74) is 0.0770. The van der Waals surface area contributed by atoms with Crippen LogP contribution in [0.25, 0.3) is 11.1 Å². The van der Waals surface area contributed by atoms with Crippen molar-refractivity contribution in [2.75, 3.05) is 10.6 Å². The second-order valence-electron chi connectivity index (χ2n) is 10.6. The molecule has 0 aromatic heterocycles. The molecule has 0 saturated carbocycles. The molecule has 0 heterocycles. The minimum atomic E-state index is -4.96. The van der Waals surface area contributed by atoms with Gasteiger partial charge in [0.1, 0.15) is 0 Å². The zero-order valence-corrected chi connectivity index (χ0v) is 28.4. The van der Waals surface area contributed by atoms with Gasteiger partial charge in [-0.25, -0.2) is 12.1 Å². The minimum Gasteiger partial charge on any atom is -0.364 e. The molecule has 11 heteroatoms. The molecule has 0 aliphatic heterocycles. The van der Waals surface area contributed by atoms with Crippen molar-refractivity contribution in [3.05, 3.63) is 168 Å². The predicted octanol–water partition coefficient (Wildman–Crippen LogP) is 11.0. The first-order chi connectivity index (χ1) is 23.0. The molecule has 6 rings (SSSR count). The number of rotatable bonds is 7. The van der Waals surface area contributed by atoms with Crippen LogP contribution in [-0.2, 0) is 35.6 Å². The summed E-state index contributed by atoms with van der Waals surface area (Å²) in [6.07, 6.45) is -9.11. The first-order valence-corrected chi connectivity index (χ1v) is 16.7. The standard InChI is InChI=1S/C33H24F6N2PS.C5H5.Fe/c34-32(35,36)24-18-25(33(37,38)39)20-26(19-24)40-31(43)41-30-14-8-7-13-29(30)23-16-15-22(17-23)21-42(27-9-3-1-4-10-27)28-11-5-2-6-12-28;1-2-4-5-3-1;/h1-20H,21H2,(H2,40,41,43);1-5H;/q2*-1;+2. The number of nitrogens with one attached hydrogen (secondary N) is 2. The summed E-state index contributed by atoms with van der Waals surface area (Å²) in [7, 11) is -0.662. The van der Waals surface area contributed by atoms with Crippen molar-refractivity contribution in [3.63, 3.8) is 0 Å². The van der Waals surface area contributed by atoms with Gasteiger partial charge >= 0.3 is 29.4 Å². The average Bonchev–Trinajstić information content (AvgIpc) is 3.80. The van der Waals surface area contributed by atoms with E-state index in [4.69, 9.17) is 12.2 Å². The van der Waals surface area contributed by atoms with E-state index in [0.29, 0.717) is 17.8 Å². The van der Waals surface area contributed by atoms with Gasteiger partial charge in [0.15, 0.2) is 5.11 Å². The van der Waals surface area contributed by atoms with Crippen LogP contribution in [0, 0.1) is 0 Å². The van der Waals surface area contributed by atoms with Gasteiger partial charge in [0.05, 0.1) is 11.1 Å². The third kappa shape index (κ3) is 10.6. The van der Waals surface area contributed by atoms with Crippen molar-refractivity contribution in [1.82, 2.24) is 0 Å². The molecular weight excluding hydrogens is 717 g/mol. The summed E-state index contributed by atoms with van der Waals surface area (Å²) in [6, 6.07) is 45.3. The van der Waals surface area contributed by atoms with Crippen molar-refractivity contribution in [3.8, 4) is 11.1 Å². The van der Waals surface area contributed by atoms with Gasteiger partial charge < -0.3 is 10.6 Å². The number of hydrogen-bond acceptors (Lipinski definition) is 1. The molecule has 0 unspecified atom stereocenters. The van der Waals surface area contributed by atoms with E-state index in [1.807, 2.05) is 84.9 Å². The normalized spacial score (nSPS) is 11.2. The Kier molecular flexibility index (Phi) is 13.0. The third-order valence-electron chi connectivity index (χ3n) is 7.18. The Morgan fingerprint density at radius 2 is 1.20 bits per heavy atom. The number of para-hydroxylation sites is 1. The van der Waals surface area contributed by atoms with Crippen LogP contribution in [0.2, 0.25) is 0 Å². The summed E-state index contributed by atoms with van der Waals surface area (Å²) >= 11 is 5.29. The molecule has 2 N–H and O–H groups in total. The molecule has 49 heavy (non-hydrogen) atoms. The van der Waals surface area contributed by atoms with E-state index in [-0.39, 0.29) is 28.2 Å². The van der Waals surface area contributed by atoms with Crippen molar-refractivity contribution in [2.45, 2.75) is 18.5 Å². The maximum absolute atomic E-state index is 13.3. The molecule has 6 aromatic carbocycles. The molecule has 0 atom stereocenters. The fourth-order valence-electron chi connectivity index (χ4n) is 4.97. The molecule has 6 aromatic rings. The van der Waals surface area contributed by atoms with Gasteiger partial charge in [-0.1, -0.05) is 90.0 Å². The first kappa shape index (κ1) is 37.6. The number of thiocarbonyl (C=S) groups is 1. The quantitative estimate of drug-likeness (QED) is 0.0559. The van der Waals surface area contributed by atoms with Crippen LogP contribution in [0.1, 0.15) is 16.7 Å². The Hall–Kier alpha value is -4.20. The van der Waals surface area contributed by atoms with Gasteiger partial charge in [0.25, 0.3) is 0 Å². The Balaban J connectivity index is 0.000000826. The molecule has 0 radical (unpaired) electrons. The number of hydrogen-bond donors (Lipinski definition) is 2. The largest absolute Gasteiger partial charge is 2.00 e. The molecule has 0 aliphatic rings. The predicted molar refractivity (Wildman–Crippen MR) is 189 cm³/mol. The Morgan fingerprint density at radius 3 is 1.71 bits per heavy atom. The molecule has 0 amide bonds. The Labute approximate surface area is 298 Å². The Bertz CT molecular complexity index is 1820. The zero-order valence-electron chi connectivity index (χ0n) is 25.6. The summed E-state index contributed by atoms with van der Waals surface area (Å²) in [6.45, 7) is 0. The fourth-order valence-corrected chi connectivity index (χ4v) is 7.48. The Morgan fingerprint density at radius 1 is 0.673 bits per heavy atom. The number of halogens is 6. The monoisotopic (exact) mass is 746 g/mol. The number of alkyl halides is 6. The number of anilines is 2. The topological polar surface area (TPSA) is 24.1 Å². The van der Waals surface area contributed by atoms with Crippen molar-refractivity contribution in [2.24, 2.45) is 0 Å². The van der Waals surface area contributed by atoms with E-state index in [9.17, 15) is 26.3 Å². The van der Waals surface area contributed by atoms with Crippen LogP contribution in [0.3, 0.4) is 0 Å². The van der Waals surface area contributed by atoms with Crippen molar-refractivity contribution >= 4 is 47.2 Å². The van der Waals surface area contributed by atoms with Gasteiger partial charge in [0.2, 0.25) is 0 Å². The minimum absolute atomic E-state index is 0. The van der Waals surface area contributed by atoms with E-state index < -0.39 is 37.1 Å². The number of benzene rings is 4. The van der Waals surface area contributed by atoms with Crippen LogP contribution in [0.5, 0.6) is 0 Å². The van der Waals surface area contributed by atoms with Gasteiger partial charge in [-0.05, 0) is 60.8 Å². The van der Waals surface area contributed by atoms with E-state index >= 15 is 0 Å². The third-order valence-corrected chi connectivity index (χ3v) is 9.91. The van der Waals surface area contributed by atoms with Crippen LogP contribution < -0.4 is 21.2 Å². The molecule has 0 saturated heterocycles. The smallest absolute Gasteiger partial charge is 0.364 e. The zero-order chi connectivity index (χ0) is 34.1. The summed E-state index contributed by atoms with van der Waals surface area (Å²) in [5.74, 6) is 0. The van der Waals surface area contributed by atoms with E-state index in [1.165, 1.54) is 10.6 Å². The van der Waals surface area contributed by atoms with Crippen LogP contribution in [-0.4, -0.2) is 5.11 Å². The van der Waals surface area contributed by atoms with Gasteiger partial charge in [-0.15, -0.1) is 29.8 Å². The van der Waals surface area contributed by atoms with Gasteiger partial charge in [-0.2, -0.15) is 44.5 Å². The second kappa shape index (κ2) is 17.0. The summed E-state index contributed by atoms with van der Waals surface area (Å²) in [4.78, 5) is 0. The molecule has 0 aliphatic carbocycles. The summed E-state index contributed by atoms with van der Waals surface area (Å²) in [5, 5.41) is 7.79. The van der Waals surface area contributed by atoms with Gasteiger partial charge in [0, 0.05) is 5.69 Å². The van der Waals surface area contributed by atoms with E-state index in [2.05, 4.69) is 47.0 Å². The maximum Gasteiger partial charge on any atom is 2.00 e. The first-order valence-electron chi connectivity index (χ1n) is 14.7. The maximum atomic E-state index is 13.3.